The van der Waals surface area contributed by atoms with Crippen LogP contribution >= 0.6 is 11.3 Å². The largest absolute Gasteiger partial charge is 0.465 e. The lowest BCUT2D eigenvalue weighted by Crippen LogP contribution is -2.03. The van der Waals surface area contributed by atoms with Crippen molar-refractivity contribution in [3.63, 3.8) is 0 Å². The molecular formula is C11H10O2S. The Morgan fingerprint density at radius 2 is 2.14 bits per heavy atom. The molecule has 0 aliphatic heterocycles. The van der Waals surface area contributed by atoms with Gasteiger partial charge in [-0.2, -0.15) is 0 Å². The van der Waals surface area contributed by atoms with E-state index in [-0.39, 0.29) is 5.97 Å². The molecule has 0 saturated carbocycles. The molecule has 1 aromatic carbocycles. The van der Waals surface area contributed by atoms with E-state index < -0.39 is 0 Å². The van der Waals surface area contributed by atoms with Crippen molar-refractivity contribution in [2.45, 2.75) is 6.92 Å². The van der Waals surface area contributed by atoms with Crippen LogP contribution in [-0.2, 0) is 4.74 Å². The zero-order chi connectivity index (χ0) is 10.1. The molecule has 1 aromatic heterocycles. The Morgan fingerprint density at radius 3 is 2.86 bits per heavy atom. The van der Waals surface area contributed by atoms with E-state index >= 15 is 0 Å². The molecule has 0 radical (unpaired) electrons. The molecule has 0 aliphatic rings. The predicted octanol–water partition coefficient (Wildman–Crippen LogP) is 3.00. The molecule has 3 heteroatoms. The average Bonchev–Trinajstić information content (AvgIpc) is 2.66. The van der Waals surface area contributed by atoms with Gasteiger partial charge in [-0.25, -0.2) is 4.79 Å². The van der Waals surface area contributed by atoms with Crippen LogP contribution in [0.2, 0.25) is 0 Å². The first kappa shape index (κ1) is 9.21. The summed E-state index contributed by atoms with van der Waals surface area (Å²) in [4.78, 5) is 11.4. The molecule has 0 amide bonds. The summed E-state index contributed by atoms with van der Waals surface area (Å²) in [5.41, 5.74) is 1.66. The van der Waals surface area contributed by atoms with E-state index in [1.165, 1.54) is 12.5 Å². The fourth-order valence-corrected chi connectivity index (χ4v) is 2.42. The fourth-order valence-electron chi connectivity index (χ4n) is 1.51. The third kappa shape index (κ3) is 1.30. The van der Waals surface area contributed by atoms with Gasteiger partial charge >= 0.3 is 5.97 Å². The minimum atomic E-state index is -0.266. The number of rotatable bonds is 1. The van der Waals surface area contributed by atoms with Gasteiger partial charge in [-0.05, 0) is 35.4 Å². The van der Waals surface area contributed by atoms with Crippen molar-refractivity contribution in [3.05, 3.63) is 34.7 Å². The molecule has 0 fully saturated rings. The highest BCUT2D eigenvalue weighted by Gasteiger charge is 2.11. The SMILES string of the molecule is COC(=O)c1ccc2ccsc2c1C. The minimum Gasteiger partial charge on any atom is -0.465 e. The number of hydrogen-bond donors (Lipinski definition) is 0. The van der Waals surface area contributed by atoms with Crippen molar-refractivity contribution < 1.29 is 9.53 Å². The molecule has 0 unspecified atom stereocenters. The van der Waals surface area contributed by atoms with Crippen molar-refractivity contribution in [2.24, 2.45) is 0 Å². The van der Waals surface area contributed by atoms with Crippen molar-refractivity contribution in [1.82, 2.24) is 0 Å². The van der Waals surface area contributed by atoms with Gasteiger partial charge in [0.1, 0.15) is 0 Å². The molecule has 2 rings (SSSR count). The van der Waals surface area contributed by atoms with E-state index in [1.807, 2.05) is 30.5 Å². The molecule has 14 heavy (non-hydrogen) atoms. The number of ether oxygens (including phenoxy) is 1. The summed E-state index contributed by atoms with van der Waals surface area (Å²) in [6.45, 7) is 1.95. The highest BCUT2D eigenvalue weighted by Crippen LogP contribution is 2.27. The summed E-state index contributed by atoms with van der Waals surface area (Å²) in [6, 6.07) is 5.81. The number of benzene rings is 1. The normalized spacial score (nSPS) is 10.4. The highest BCUT2D eigenvalue weighted by atomic mass is 32.1. The summed E-state index contributed by atoms with van der Waals surface area (Å²) >= 11 is 1.65. The molecule has 0 spiro atoms. The second-order valence-electron chi connectivity index (χ2n) is 3.07. The number of fused-ring (bicyclic) bond motifs is 1. The first-order chi connectivity index (χ1) is 6.74. The molecule has 0 saturated heterocycles. The van der Waals surface area contributed by atoms with Crippen LogP contribution in [0.25, 0.3) is 10.1 Å². The van der Waals surface area contributed by atoms with Crippen LogP contribution in [0.4, 0.5) is 0 Å². The fraction of sp³-hybridized carbons (Fsp3) is 0.182. The maximum absolute atomic E-state index is 11.4. The van der Waals surface area contributed by atoms with E-state index in [9.17, 15) is 4.79 Å². The number of methoxy groups -OCH3 is 1. The summed E-state index contributed by atoms with van der Waals surface area (Å²) in [7, 11) is 1.40. The number of esters is 1. The number of carbonyl (C=O) groups is 1. The Bertz CT molecular complexity index is 485. The zero-order valence-electron chi connectivity index (χ0n) is 8.03. The maximum atomic E-state index is 11.4. The van der Waals surface area contributed by atoms with Crippen molar-refractivity contribution in [1.29, 1.82) is 0 Å². The van der Waals surface area contributed by atoms with E-state index in [0.29, 0.717) is 5.56 Å². The quantitative estimate of drug-likeness (QED) is 0.670. The third-order valence-corrected chi connectivity index (χ3v) is 3.32. The van der Waals surface area contributed by atoms with Gasteiger partial charge < -0.3 is 4.74 Å². The molecule has 0 atom stereocenters. The number of hydrogen-bond acceptors (Lipinski definition) is 3. The second kappa shape index (κ2) is 3.42. The minimum absolute atomic E-state index is 0.266. The summed E-state index contributed by atoms with van der Waals surface area (Å²) in [5, 5.41) is 3.21. The van der Waals surface area contributed by atoms with E-state index in [2.05, 4.69) is 0 Å². The highest BCUT2D eigenvalue weighted by molar-refractivity contribution is 7.17. The van der Waals surface area contributed by atoms with Crippen LogP contribution in [0.5, 0.6) is 0 Å². The maximum Gasteiger partial charge on any atom is 0.338 e. The van der Waals surface area contributed by atoms with Gasteiger partial charge in [0, 0.05) is 4.70 Å². The van der Waals surface area contributed by atoms with Gasteiger partial charge in [0.15, 0.2) is 0 Å². The third-order valence-electron chi connectivity index (χ3n) is 2.28. The lowest BCUT2D eigenvalue weighted by Gasteiger charge is -2.03. The van der Waals surface area contributed by atoms with E-state index in [0.717, 1.165) is 10.3 Å². The molecule has 2 aromatic rings. The lowest BCUT2D eigenvalue weighted by atomic mass is 10.1. The summed E-state index contributed by atoms with van der Waals surface area (Å²) in [6.07, 6.45) is 0. The molecule has 0 aliphatic carbocycles. The molecule has 72 valence electrons. The van der Waals surface area contributed by atoms with Gasteiger partial charge in [-0.1, -0.05) is 6.07 Å². The smallest absolute Gasteiger partial charge is 0.338 e. The Balaban J connectivity index is 2.67. The first-order valence-electron chi connectivity index (χ1n) is 4.29. The van der Waals surface area contributed by atoms with Crippen LogP contribution in [0, 0.1) is 6.92 Å². The Morgan fingerprint density at radius 1 is 1.36 bits per heavy atom. The zero-order valence-corrected chi connectivity index (χ0v) is 8.85. The van der Waals surface area contributed by atoms with Crippen LogP contribution in [0.1, 0.15) is 15.9 Å². The van der Waals surface area contributed by atoms with E-state index in [4.69, 9.17) is 4.74 Å². The van der Waals surface area contributed by atoms with Gasteiger partial charge in [0.25, 0.3) is 0 Å². The Kier molecular flexibility index (Phi) is 2.25. The molecule has 2 nitrogen and oxygen atoms in total. The van der Waals surface area contributed by atoms with Crippen LogP contribution in [0.15, 0.2) is 23.6 Å². The second-order valence-corrected chi connectivity index (χ2v) is 3.98. The Labute approximate surface area is 86.1 Å². The van der Waals surface area contributed by atoms with Gasteiger partial charge in [-0.3, -0.25) is 0 Å². The molecule has 0 bridgehead atoms. The number of carbonyl (C=O) groups excluding carboxylic acids is 1. The molecular weight excluding hydrogens is 196 g/mol. The summed E-state index contributed by atoms with van der Waals surface area (Å²) in [5.74, 6) is -0.266. The Hall–Kier alpha value is -1.35. The average molecular weight is 206 g/mol. The van der Waals surface area contributed by atoms with E-state index in [1.54, 1.807) is 11.3 Å². The van der Waals surface area contributed by atoms with Crippen LogP contribution < -0.4 is 0 Å². The topological polar surface area (TPSA) is 26.3 Å². The van der Waals surface area contributed by atoms with Gasteiger partial charge in [0.2, 0.25) is 0 Å². The lowest BCUT2D eigenvalue weighted by molar-refractivity contribution is 0.0600. The van der Waals surface area contributed by atoms with Crippen molar-refractivity contribution in [2.75, 3.05) is 7.11 Å². The standard InChI is InChI=1S/C11H10O2S/c1-7-9(11(12)13-2)4-3-8-5-6-14-10(7)8/h3-6H,1-2H3. The van der Waals surface area contributed by atoms with Gasteiger partial charge in [0.05, 0.1) is 12.7 Å². The number of thiophene rings is 1. The van der Waals surface area contributed by atoms with Crippen molar-refractivity contribution >= 4 is 27.4 Å². The van der Waals surface area contributed by atoms with Crippen LogP contribution in [0.3, 0.4) is 0 Å². The van der Waals surface area contributed by atoms with Crippen LogP contribution in [-0.4, -0.2) is 13.1 Å². The van der Waals surface area contributed by atoms with Crippen molar-refractivity contribution in [3.8, 4) is 0 Å². The van der Waals surface area contributed by atoms with Gasteiger partial charge in [-0.15, -0.1) is 11.3 Å². The first-order valence-corrected chi connectivity index (χ1v) is 5.17. The monoisotopic (exact) mass is 206 g/mol. The molecule has 1 heterocycles. The number of aryl methyl sites for hydroxylation is 1. The molecule has 0 N–H and O–H groups in total. The summed E-state index contributed by atoms with van der Waals surface area (Å²) < 4.78 is 5.87. The predicted molar refractivity (Wildman–Crippen MR) is 57.9 cm³/mol.